The van der Waals surface area contributed by atoms with Gasteiger partial charge in [-0.1, -0.05) is 5.16 Å². The number of rotatable bonds is 4. The van der Waals surface area contributed by atoms with Gasteiger partial charge in [0, 0.05) is 30.3 Å². The zero-order valence-electron chi connectivity index (χ0n) is 14.5. The lowest BCUT2D eigenvalue weighted by Gasteiger charge is -2.22. The average molecular weight is 343 g/mol. The van der Waals surface area contributed by atoms with Gasteiger partial charge in [-0.3, -0.25) is 14.6 Å². The summed E-state index contributed by atoms with van der Waals surface area (Å²) >= 11 is 0. The molecule has 0 saturated carbocycles. The first-order valence-corrected chi connectivity index (χ1v) is 8.32. The summed E-state index contributed by atoms with van der Waals surface area (Å²) in [6.07, 6.45) is 4.87. The van der Waals surface area contributed by atoms with Crippen molar-refractivity contribution >= 4 is 11.8 Å². The Morgan fingerprint density at radius 1 is 1.24 bits per heavy atom. The summed E-state index contributed by atoms with van der Waals surface area (Å²) in [5, 5.41) is 9.67. The molecule has 2 N–H and O–H groups in total. The number of fused-ring (bicyclic) bond motifs is 1. The summed E-state index contributed by atoms with van der Waals surface area (Å²) in [6.45, 7) is 5.58. The second-order valence-corrected chi connectivity index (χ2v) is 6.52. The molecule has 0 saturated heterocycles. The molecule has 1 atom stereocenters. The summed E-state index contributed by atoms with van der Waals surface area (Å²) in [4.78, 5) is 32.7. The Labute approximate surface area is 145 Å². The maximum atomic E-state index is 12.3. The van der Waals surface area contributed by atoms with E-state index in [1.165, 1.54) is 6.20 Å². The third-order valence-electron chi connectivity index (χ3n) is 4.02. The molecule has 8 heteroatoms. The van der Waals surface area contributed by atoms with Crippen LogP contribution in [0.4, 0.5) is 0 Å². The van der Waals surface area contributed by atoms with Crippen molar-refractivity contribution in [3.63, 3.8) is 0 Å². The molecular formula is C17H21N5O3. The van der Waals surface area contributed by atoms with Crippen LogP contribution < -0.4 is 10.6 Å². The summed E-state index contributed by atoms with van der Waals surface area (Å²) in [5.74, 6) is 0.191. The van der Waals surface area contributed by atoms with E-state index in [0.717, 1.165) is 23.4 Å². The van der Waals surface area contributed by atoms with Crippen LogP contribution in [0.5, 0.6) is 0 Å². The smallest absolute Gasteiger partial charge is 0.273 e. The van der Waals surface area contributed by atoms with Crippen molar-refractivity contribution in [2.45, 2.75) is 52.1 Å². The minimum absolute atomic E-state index is 0.0130. The molecule has 2 heterocycles. The minimum atomic E-state index is -0.273. The van der Waals surface area contributed by atoms with E-state index in [4.69, 9.17) is 4.52 Å². The Kier molecular flexibility index (Phi) is 4.78. The van der Waals surface area contributed by atoms with E-state index in [1.807, 2.05) is 20.8 Å². The Hall–Kier alpha value is -2.77. The first-order chi connectivity index (χ1) is 11.9. The van der Waals surface area contributed by atoms with E-state index >= 15 is 0 Å². The first kappa shape index (κ1) is 17.1. The Balaban J connectivity index is 1.70. The molecule has 1 aliphatic carbocycles. The van der Waals surface area contributed by atoms with Crippen LogP contribution in [0.1, 0.15) is 58.3 Å². The van der Waals surface area contributed by atoms with Crippen molar-refractivity contribution in [1.82, 2.24) is 25.8 Å². The normalized spacial score (nSPS) is 16.4. The van der Waals surface area contributed by atoms with Gasteiger partial charge in [-0.25, -0.2) is 4.98 Å². The fourth-order valence-electron chi connectivity index (χ4n) is 2.81. The van der Waals surface area contributed by atoms with Crippen LogP contribution in [0.25, 0.3) is 0 Å². The second-order valence-electron chi connectivity index (χ2n) is 6.52. The van der Waals surface area contributed by atoms with Crippen molar-refractivity contribution in [2.75, 3.05) is 0 Å². The molecule has 2 aromatic rings. The fourth-order valence-corrected chi connectivity index (χ4v) is 2.81. The number of carbonyl (C=O) groups is 2. The number of nitrogens with one attached hydrogen (secondary N) is 2. The van der Waals surface area contributed by atoms with Gasteiger partial charge < -0.3 is 15.2 Å². The second kappa shape index (κ2) is 7.00. The predicted molar refractivity (Wildman–Crippen MR) is 89.2 cm³/mol. The van der Waals surface area contributed by atoms with E-state index in [1.54, 1.807) is 6.20 Å². The van der Waals surface area contributed by atoms with Gasteiger partial charge in [0.15, 0.2) is 5.69 Å². The monoisotopic (exact) mass is 343 g/mol. The molecule has 0 aromatic carbocycles. The number of hydrogen-bond donors (Lipinski definition) is 2. The van der Waals surface area contributed by atoms with Crippen LogP contribution in [0, 0.1) is 6.92 Å². The lowest BCUT2D eigenvalue weighted by atomic mass is 9.91. The Morgan fingerprint density at radius 3 is 2.72 bits per heavy atom. The van der Waals surface area contributed by atoms with E-state index in [-0.39, 0.29) is 29.6 Å². The summed E-state index contributed by atoms with van der Waals surface area (Å²) in [7, 11) is 0. The molecule has 0 radical (unpaired) electrons. The van der Waals surface area contributed by atoms with Crippen LogP contribution in [0.3, 0.4) is 0 Å². The minimum Gasteiger partial charge on any atom is -0.360 e. The number of nitrogens with zero attached hydrogens (tertiary/aromatic N) is 3. The largest absolute Gasteiger partial charge is 0.360 e. The summed E-state index contributed by atoms with van der Waals surface area (Å²) in [6, 6.07) is -0.0906. The van der Waals surface area contributed by atoms with Crippen LogP contribution in [-0.4, -0.2) is 39.0 Å². The van der Waals surface area contributed by atoms with Gasteiger partial charge in [0.25, 0.3) is 11.8 Å². The standard InChI is InChI=1S/C17H21N5O3/c1-9(2)20-17(24)15-12-6-11(4-5-14(12)25-22-15)21-16(23)13-8-18-10(3)7-19-13/h7-9,11H,4-6H2,1-3H3,(H,20,24)(H,21,23). The van der Waals surface area contributed by atoms with E-state index in [0.29, 0.717) is 18.5 Å². The predicted octanol–water partition coefficient (Wildman–Crippen LogP) is 1.20. The van der Waals surface area contributed by atoms with Crippen molar-refractivity contribution in [3.8, 4) is 0 Å². The molecule has 0 fully saturated rings. The molecule has 2 amide bonds. The maximum absolute atomic E-state index is 12.3. The lowest BCUT2D eigenvalue weighted by Crippen LogP contribution is -2.40. The van der Waals surface area contributed by atoms with Crippen molar-refractivity contribution in [1.29, 1.82) is 0 Å². The lowest BCUT2D eigenvalue weighted by molar-refractivity contribution is 0.0924. The molecule has 0 aliphatic heterocycles. The topological polar surface area (TPSA) is 110 Å². The highest BCUT2D eigenvalue weighted by Crippen LogP contribution is 2.25. The third kappa shape index (κ3) is 3.84. The average Bonchev–Trinajstić information content (AvgIpc) is 2.98. The van der Waals surface area contributed by atoms with Gasteiger partial charge in [-0.15, -0.1) is 0 Å². The molecular weight excluding hydrogens is 322 g/mol. The number of aromatic nitrogens is 3. The van der Waals surface area contributed by atoms with Gasteiger partial charge in [0.1, 0.15) is 11.5 Å². The van der Waals surface area contributed by atoms with E-state index < -0.39 is 0 Å². The van der Waals surface area contributed by atoms with E-state index in [2.05, 4.69) is 25.8 Å². The molecule has 132 valence electrons. The Morgan fingerprint density at radius 2 is 2.04 bits per heavy atom. The number of hydrogen-bond acceptors (Lipinski definition) is 6. The number of aryl methyl sites for hydroxylation is 2. The van der Waals surface area contributed by atoms with Gasteiger partial charge in [0.2, 0.25) is 0 Å². The van der Waals surface area contributed by atoms with Crippen LogP contribution >= 0.6 is 0 Å². The number of amides is 2. The fraction of sp³-hybridized carbons (Fsp3) is 0.471. The van der Waals surface area contributed by atoms with E-state index in [9.17, 15) is 9.59 Å². The van der Waals surface area contributed by atoms with Gasteiger partial charge in [-0.05, 0) is 33.6 Å². The molecule has 3 rings (SSSR count). The quantitative estimate of drug-likeness (QED) is 0.863. The summed E-state index contributed by atoms with van der Waals surface area (Å²) in [5.41, 5.74) is 2.10. The van der Waals surface area contributed by atoms with Gasteiger partial charge >= 0.3 is 0 Å². The molecule has 2 aromatic heterocycles. The number of carbonyl (C=O) groups excluding carboxylic acids is 2. The third-order valence-corrected chi connectivity index (χ3v) is 4.02. The van der Waals surface area contributed by atoms with Crippen LogP contribution in [0.2, 0.25) is 0 Å². The van der Waals surface area contributed by atoms with Gasteiger partial charge in [0.05, 0.1) is 11.9 Å². The molecule has 1 aliphatic rings. The highest BCUT2D eigenvalue weighted by Gasteiger charge is 2.30. The molecule has 8 nitrogen and oxygen atoms in total. The summed E-state index contributed by atoms with van der Waals surface area (Å²) < 4.78 is 5.30. The SMILES string of the molecule is Cc1cnc(C(=O)NC2CCc3onc(C(=O)NC(C)C)c3C2)cn1. The van der Waals surface area contributed by atoms with Gasteiger partial charge in [-0.2, -0.15) is 0 Å². The highest BCUT2D eigenvalue weighted by molar-refractivity contribution is 5.94. The first-order valence-electron chi connectivity index (χ1n) is 8.32. The molecule has 0 spiro atoms. The Bertz CT molecular complexity index is 782. The highest BCUT2D eigenvalue weighted by atomic mass is 16.5. The zero-order chi connectivity index (χ0) is 18.0. The molecule has 1 unspecified atom stereocenters. The van der Waals surface area contributed by atoms with Crippen molar-refractivity contribution in [3.05, 3.63) is 40.8 Å². The van der Waals surface area contributed by atoms with Crippen LogP contribution in [-0.2, 0) is 12.8 Å². The maximum Gasteiger partial charge on any atom is 0.273 e. The van der Waals surface area contributed by atoms with Crippen molar-refractivity contribution < 1.29 is 14.1 Å². The van der Waals surface area contributed by atoms with Crippen molar-refractivity contribution in [2.24, 2.45) is 0 Å². The zero-order valence-corrected chi connectivity index (χ0v) is 14.5. The van der Waals surface area contributed by atoms with Crippen LogP contribution in [0.15, 0.2) is 16.9 Å². The molecule has 25 heavy (non-hydrogen) atoms. The molecule has 0 bridgehead atoms.